The van der Waals surface area contributed by atoms with Crippen LogP contribution in [-0.4, -0.2) is 32.6 Å². The number of halogens is 1. The van der Waals surface area contributed by atoms with Crippen molar-refractivity contribution in [2.75, 3.05) is 25.7 Å². The molecule has 1 N–H and O–H groups in total. The molecule has 2 amide bonds. The summed E-state index contributed by atoms with van der Waals surface area (Å²) in [5.74, 6) is 0.787. The minimum absolute atomic E-state index is 0.0663. The van der Waals surface area contributed by atoms with Crippen LogP contribution in [0.15, 0.2) is 46.9 Å². The molecule has 1 atom stereocenters. The van der Waals surface area contributed by atoms with Crippen molar-refractivity contribution in [1.82, 2.24) is 5.32 Å². The van der Waals surface area contributed by atoms with Crippen molar-refractivity contribution in [3.05, 3.63) is 52.5 Å². The van der Waals surface area contributed by atoms with Crippen LogP contribution in [0, 0.1) is 5.92 Å². The van der Waals surface area contributed by atoms with Gasteiger partial charge in [0.1, 0.15) is 11.5 Å². The topological polar surface area (TPSA) is 67.9 Å². The lowest BCUT2D eigenvalue weighted by atomic mass is 10.1. The van der Waals surface area contributed by atoms with Gasteiger partial charge < -0.3 is 19.7 Å². The Hall–Kier alpha value is -2.54. The maximum absolute atomic E-state index is 12.6. The molecular weight excluding hydrogens is 412 g/mol. The fraction of sp³-hybridized carbons (Fsp3) is 0.300. The van der Waals surface area contributed by atoms with Crippen LogP contribution < -0.4 is 19.7 Å². The van der Waals surface area contributed by atoms with Gasteiger partial charge in [-0.2, -0.15) is 0 Å². The summed E-state index contributed by atoms with van der Waals surface area (Å²) in [5, 5.41) is 2.91. The molecule has 2 aromatic rings. The third-order valence-corrected chi connectivity index (χ3v) is 5.05. The molecule has 6 nitrogen and oxygen atoms in total. The third kappa shape index (κ3) is 4.42. The second-order valence-electron chi connectivity index (χ2n) is 6.28. The molecule has 0 aliphatic carbocycles. The van der Waals surface area contributed by atoms with E-state index < -0.39 is 0 Å². The quantitative estimate of drug-likeness (QED) is 0.760. The molecule has 0 bridgehead atoms. The second-order valence-corrected chi connectivity index (χ2v) is 7.20. The number of methoxy groups -OCH3 is 2. The lowest BCUT2D eigenvalue weighted by molar-refractivity contribution is -0.126. The summed E-state index contributed by atoms with van der Waals surface area (Å²) in [4.78, 5) is 26.6. The maximum Gasteiger partial charge on any atom is 0.227 e. The van der Waals surface area contributed by atoms with Gasteiger partial charge in [-0.05, 0) is 30.3 Å². The maximum atomic E-state index is 12.6. The Morgan fingerprint density at radius 3 is 2.78 bits per heavy atom. The summed E-state index contributed by atoms with van der Waals surface area (Å²) in [5.41, 5.74) is 1.61. The number of anilines is 1. The Morgan fingerprint density at radius 1 is 1.22 bits per heavy atom. The smallest absolute Gasteiger partial charge is 0.227 e. The molecule has 1 aliphatic heterocycles. The van der Waals surface area contributed by atoms with Gasteiger partial charge in [0.2, 0.25) is 11.8 Å². The van der Waals surface area contributed by atoms with E-state index >= 15 is 0 Å². The van der Waals surface area contributed by atoms with Gasteiger partial charge in [-0.3, -0.25) is 9.59 Å². The summed E-state index contributed by atoms with van der Waals surface area (Å²) in [7, 11) is 3.17. The molecule has 0 saturated carbocycles. The average Bonchev–Trinajstić information content (AvgIpc) is 3.08. The second kappa shape index (κ2) is 8.43. The molecule has 1 heterocycles. The van der Waals surface area contributed by atoms with Crippen molar-refractivity contribution in [3.8, 4) is 11.5 Å². The van der Waals surface area contributed by atoms with Gasteiger partial charge in [-0.25, -0.2) is 0 Å². The Morgan fingerprint density at radius 2 is 2.04 bits per heavy atom. The lowest BCUT2D eigenvalue weighted by Crippen LogP contribution is -2.32. The first-order chi connectivity index (χ1) is 13.0. The number of rotatable bonds is 6. The molecule has 1 aliphatic rings. The van der Waals surface area contributed by atoms with E-state index in [0.717, 1.165) is 15.7 Å². The summed E-state index contributed by atoms with van der Waals surface area (Å²) in [6.45, 7) is 0.693. The van der Waals surface area contributed by atoms with Crippen LogP contribution in [0.1, 0.15) is 12.0 Å². The van der Waals surface area contributed by atoms with E-state index in [-0.39, 0.29) is 24.2 Å². The van der Waals surface area contributed by atoms with Crippen LogP contribution in [0.4, 0.5) is 5.69 Å². The fourth-order valence-electron chi connectivity index (χ4n) is 3.12. The number of hydrogen-bond donors (Lipinski definition) is 1. The first-order valence-electron chi connectivity index (χ1n) is 8.56. The number of carbonyl (C=O) groups excluding carboxylic acids is 2. The number of carbonyl (C=O) groups is 2. The number of amides is 2. The summed E-state index contributed by atoms with van der Waals surface area (Å²) >= 11 is 3.42. The number of nitrogens with zero attached hydrogens (tertiary/aromatic N) is 1. The third-order valence-electron chi connectivity index (χ3n) is 4.56. The predicted octanol–water partition coefficient (Wildman–Crippen LogP) is 3.14. The van der Waals surface area contributed by atoms with Gasteiger partial charge in [-0.15, -0.1) is 0 Å². The van der Waals surface area contributed by atoms with Crippen LogP contribution in [-0.2, 0) is 16.1 Å². The highest BCUT2D eigenvalue weighted by Gasteiger charge is 2.35. The molecule has 1 unspecified atom stereocenters. The largest absolute Gasteiger partial charge is 0.497 e. The molecule has 0 radical (unpaired) electrons. The highest BCUT2D eigenvalue weighted by Crippen LogP contribution is 2.28. The lowest BCUT2D eigenvalue weighted by Gasteiger charge is -2.17. The van der Waals surface area contributed by atoms with Crippen LogP contribution >= 0.6 is 15.9 Å². The van der Waals surface area contributed by atoms with E-state index in [1.165, 1.54) is 0 Å². The first-order valence-corrected chi connectivity index (χ1v) is 9.35. The van der Waals surface area contributed by atoms with E-state index in [2.05, 4.69) is 21.2 Å². The Balaban J connectivity index is 1.65. The minimum atomic E-state index is -0.387. The van der Waals surface area contributed by atoms with Gasteiger partial charge in [-0.1, -0.05) is 22.0 Å². The van der Waals surface area contributed by atoms with Crippen LogP contribution in [0.3, 0.4) is 0 Å². The number of nitrogens with one attached hydrogen (secondary N) is 1. The first kappa shape index (κ1) is 19.2. The molecule has 27 heavy (non-hydrogen) atoms. The Kier molecular flexibility index (Phi) is 6.01. The van der Waals surface area contributed by atoms with Crippen LogP contribution in [0.2, 0.25) is 0 Å². The van der Waals surface area contributed by atoms with Crippen molar-refractivity contribution >= 4 is 33.4 Å². The summed E-state index contributed by atoms with van der Waals surface area (Å²) < 4.78 is 11.4. The molecule has 3 rings (SSSR count). The molecular formula is C20H21BrN2O4. The van der Waals surface area contributed by atoms with Crippen molar-refractivity contribution in [2.24, 2.45) is 5.92 Å². The van der Waals surface area contributed by atoms with Gasteiger partial charge in [0.05, 0.1) is 20.1 Å². The zero-order valence-corrected chi connectivity index (χ0v) is 16.8. The van der Waals surface area contributed by atoms with E-state index in [1.807, 2.05) is 36.4 Å². The van der Waals surface area contributed by atoms with Crippen LogP contribution in [0.5, 0.6) is 11.5 Å². The van der Waals surface area contributed by atoms with Crippen LogP contribution in [0.25, 0.3) is 0 Å². The SMILES string of the molecule is COc1cccc(N2CC(C(=O)NCc3cc(Br)ccc3OC)CC2=O)c1. The van der Waals surface area contributed by atoms with Gasteiger partial charge >= 0.3 is 0 Å². The van der Waals surface area contributed by atoms with Gasteiger partial charge in [0.15, 0.2) is 0 Å². The standard InChI is InChI=1S/C20H21BrN2O4/c1-26-17-5-3-4-16(10-17)23-12-14(9-19(23)24)20(25)22-11-13-8-15(21)6-7-18(13)27-2/h3-8,10,14H,9,11-12H2,1-2H3,(H,22,25). The predicted molar refractivity (Wildman–Crippen MR) is 106 cm³/mol. The number of ether oxygens (including phenoxy) is 2. The van der Waals surface area contributed by atoms with Gasteiger partial charge in [0.25, 0.3) is 0 Å². The monoisotopic (exact) mass is 432 g/mol. The van der Waals surface area contributed by atoms with Crippen molar-refractivity contribution < 1.29 is 19.1 Å². The number of benzene rings is 2. The summed E-state index contributed by atoms with van der Waals surface area (Å²) in [6.07, 6.45) is 0.193. The fourth-order valence-corrected chi connectivity index (χ4v) is 3.53. The molecule has 142 valence electrons. The van der Waals surface area contributed by atoms with Crippen molar-refractivity contribution in [3.63, 3.8) is 0 Å². The van der Waals surface area contributed by atoms with Gasteiger partial charge in [0, 0.05) is 41.3 Å². The molecule has 1 fully saturated rings. The Labute approximate surface area is 166 Å². The molecule has 7 heteroatoms. The van der Waals surface area contributed by atoms with E-state index in [4.69, 9.17) is 9.47 Å². The van der Waals surface area contributed by atoms with E-state index in [0.29, 0.717) is 24.6 Å². The van der Waals surface area contributed by atoms with Crippen molar-refractivity contribution in [1.29, 1.82) is 0 Å². The zero-order valence-electron chi connectivity index (χ0n) is 15.2. The van der Waals surface area contributed by atoms with E-state index in [9.17, 15) is 9.59 Å². The minimum Gasteiger partial charge on any atom is -0.497 e. The highest BCUT2D eigenvalue weighted by molar-refractivity contribution is 9.10. The average molecular weight is 433 g/mol. The normalized spacial score (nSPS) is 16.3. The molecule has 0 spiro atoms. The molecule has 1 saturated heterocycles. The summed E-state index contributed by atoms with van der Waals surface area (Å²) in [6, 6.07) is 12.9. The molecule has 2 aromatic carbocycles. The zero-order chi connectivity index (χ0) is 19.4. The number of hydrogen-bond acceptors (Lipinski definition) is 4. The Bertz CT molecular complexity index is 856. The highest BCUT2D eigenvalue weighted by atomic mass is 79.9. The van der Waals surface area contributed by atoms with E-state index in [1.54, 1.807) is 25.2 Å². The van der Waals surface area contributed by atoms with Crippen molar-refractivity contribution in [2.45, 2.75) is 13.0 Å². The molecule has 0 aromatic heterocycles.